The number of nitrogens with zero attached hydrogens (tertiary/aromatic N) is 1. The smallest absolute Gasteiger partial charge is 0.190 e. The Morgan fingerprint density at radius 3 is 2.00 bits per heavy atom. The molecule has 3 aliphatic heterocycles. The molecular weight excluding hydrogens is 490 g/mol. The molecule has 6 atom stereocenters. The first-order valence-electron chi connectivity index (χ1n) is 15.1. The van der Waals surface area contributed by atoms with Gasteiger partial charge in [0.05, 0.1) is 25.9 Å². The number of hydrogen-bond acceptors (Lipinski definition) is 9. The topological polar surface area (TPSA) is 99.1 Å². The number of hydrogen-bond donors (Lipinski definition) is 2. The van der Waals surface area contributed by atoms with Gasteiger partial charge in [0.2, 0.25) is 0 Å². The molecule has 0 radical (unpaired) electrons. The second kappa shape index (κ2) is 15.6. The van der Waals surface area contributed by atoms with Crippen LogP contribution in [0.25, 0.3) is 0 Å². The number of unbranched alkanes of at least 4 members (excludes halogenated alkanes) is 9. The first-order chi connectivity index (χ1) is 18.1. The maximum atomic E-state index is 10.6. The Balaban J connectivity index is 1.34. The van der Waals surface area contributed by atoms with Crippen molar-refractivity contribution in [2.45, 2.75) is 147 Å². The third-order valence-corrected chi connectivity index (χ3v) is 7.56. The summed E-state index contributed by atoms with van der Waals surface area (Å²) >= 11 is 0. The van der Waals surface area contributed by atoms with Crippen LogP contribution in [0.15, 0.2) is 0 Å². The molecule has 0 unspecified atom stereocenters. The van der Waals surface area contributed by atoms with E-state index in [4.69, 9.17) is 28.4 Å². The van der Waals surface area contributed by atoms with E-state index in [1.807, 2.05) is 27.7 Å². The molecule has 3 aliphatic rings. The molecule has 224 valence electrons. The first-order valence-corrected chi connectivity index (χ1v) is 15.1. The molecule has 0 aromatic heterocycles. The third kappa shape index (κ3) is 10.2. The maximum absolute atomic E-state index is 10.6. The van der Waals surface area contributed by atoms with Crippen molar-refractivity contribution in [1.29, 1.82) is 0 Å². The number of aliphatic hydroxyl groups excluding tert-OH is 2. The monoisotopic (exact) mass is 545 g/mol. The number of aliphatic hydroxyl groups is 2. The minimum Gasteiger partial charge on any atom is -0.395 e. The predicted molar refractivity (Wildman–Crippen MR) is 145 cm³/mol. The van der Waals surface area contributed by atoms with Crippen molar-refractivity contribution in [2.24, 2.45) is 0 Å². The first kappa shape index (κ1) is 32.2. The van der Waals surface area contributed by atoms with E-state index in [0.717, 1.165) is 13.0 Å². The number of fused-ring (bicyclic) bond motifs is 3. The van der Waals surface area contributed by atoms with Crippen LogP contribution in [0.1, 0.15) is 98.8 Å². The van der Waals surface area contributed by atoms with Gasteiger partial charge in [-0.15, -0.1) is 0 Å². The Bertz CT molecular complexity index is 662. The van der Waals surface area contributed by atoms with Crippen LogP contribution < -0.4 is 0 Å². The average molecular weight is 546 g/mol. The standard InChI is InChI=1S/C29H55NO8/c1-6-7-8-9-10-11-12-13-14-15-16-30(17-18-31)19-22(32)20-33-21-23-24-25(36-28(2,3)35-24)26-27(34-23)38-29(4,5)37-26/h22-27,31-32H,6-21H2,1-5H3/t22-,23+,24-,25-,26+,27+/m0/s1. The average Bonchev–Trinajstić information content (AvgIpc) is 3.34. The van der Waals surface area contributed by atoms with E-state index in [2.05, 4.69) is 11.8 Å². The molecule has 0 aliphatic carbocycles. The van der Waals surface area contributed by atoms with Crippen LogP contribution in [0.2, 0.25) is 0 Å². The molecular formula is C29H55NO8. The molecule has 9 nitrogen and oxygen atoms in total. The molecule has 9 heteroatoms. The van der Waals surface area contributed by atoms with Gasteiger partial charge in [-0.3, -0.25) is 4.90 Å². The molecule has 3 saturated heterocycles. The van der Waals surface area contributed by atoms with Gasteiger partial charge >= 0.3 is 0 Å². The summed E-state index contributed by atoms with van der Waals surface area (Å²) in [4.78, 5) is 2.12. The zero-order valence-corrected chi connectivity index (χ0v) is 24.6. The van der Waals surface area contributed by atoms with Crippen LogP contribution in [-0.2, 0) is 28.4 Å². The van der Waals surface area contributed by atoms with E-state index in [-0.39, 0.29) is 38.1 Å². The van der Waals surface area contributed by atoms with E-state index in [0.29, 0.717) is 13.1 Å². The van der Waals surface area contributed by atoms with E-state index >= 15 is 0 Å². The fraction of sp³-hybridized carbons (Fsp3) is 1.00. The van der Waals surface area contributed by atoms with Gasteiger partial charge in [-0.2, -0.15) is 0 Å². The van der Waals surface area contributed by atoms with Crippen LogP contribution in [0, 0.1) is 0 Å². The third-order valence-electron chi connectivity index (χ3n) is 7.56. The second-order valence-corrected chi connectivity index (χ2v) is 12.1. The summed E-state index contributed by atoms with van der Waals surface area (Å²) in [7, 11) is 0. The second-order valence-electron chi connectivity index (χ2n) is 12.1. The Hall–Kier alpha value is -0.360. The molecule has 3 rings (SSSR count). The normalized spacial score (nSPS) is 30.5. The van der Waals surface area contributed by atoms with E-state index < -0.39 is 30.1 Å². The lowest BCUT2D eigenvalue weighted by molar-refractivity contribution is -0.244. The lowest BCUT2D eigenvalue weighted by Gasteiger charge is -2.37. The predicted octanol–water partition coefficient (Wildman–Crippen LogP) is 3.98. The summed E-state index contributed by atoms with van der Waals surface area (Å²) in [6.07, 6.45) is 10.3. The van der Waals surface area contributed by atoms with Crippen molar-refractivity contribution >= 4 is 0 Å². The molecule has 0 bridgehead atoms. The fourth-order valence-corrected chi connectivity index (χ4v) is 5.76. The van der Waals surface area contributed by atoms with E-state index in [1.165, 1.54) is 57.8 Å². The molecule has 0 amide bonds. The van der Waals surface area contributed by atoms with E-state index in [1.54, 1.807) is 0 Å². The summed E-state index contributed by atoms with van der Waals surface area (Å²) in [5.41, 5.74) is 0. The van der Waals surface area contributed by atoms with Gasteiger partial charge in [0, 0.05) is 13.1 Å². The zero-order chi connectivity index (χ0) is 27.6. The van der Waals surface area contributed by atoms with E-state index in [9.17, 15) is 10.2 Å². The highest BCUT2D eigenvalue weighted by Gasteiger charge is 2.60. The van der Waals surface area contributed by atoms with Crippen molar-refractivity contribution in [3.8, 4) is 0 Å². The molecule has 2 N–H and O–H groups in total. The Kier molecular flexibility index (Phi) is 13.2. The molecule has 0 aromatic carbocycles. The Morgan fingerprint density at radius 2 is 1.34 bits per heavy atom. The number of ether oxygens (including phenoxy) is 6. The summed E-state index contributed by atoms with van der Waals surface area (Å²) in [5.74, 6) is -1.51. The maximum Gasteiger partial charge on any atom is 0.190 e. The highest BCUT2D eigenvalue weighted by molar-refractivity contribution is 5.00. The molecule has 3 fully saturated rings. The summed E-state index contributed by atoms with van der Waals surface area (Å²) < 4.78 is 36.3. The van der Waals surface area contributed by atoms with Crippen molar-refractivity contribution in [1.82, 2.24) is 4.90 Å². The highest BCUT2D eigenvalue weighted by Crippen LogP contribution is 2.44. The summed E-state index contributed by atoms with van der Waals surface area (Å²) in [6, 6.07) is 0. The molecule has 38 heavy (non-hydrogen) atoms. The highest BCUT2D eigenvalue weighted by atomic mass is 16.9. The van der Waals surface area contributed by atoms with Gasteiger partial charge < -0.3 is 38.6 Å². The van der Waals surface area contributed by atoms with Gasteiger partial charge in [0.25, 0.3) is 0 Å². The van der Waals surface area contributed by atoms with Crippen molar-refractivity contribution < 1.29 is 38.6 Å². The minimum atomic E-state index is -0.758. The summed E-state index contributed by atoms with van der Waals surface area (Å²) in [5, 5.41) is 20.1. The van der Waals surface area contributed by atoms with Crippen LogP contribution >= 0.6 is 0 Å². The van der Waals surface area contributed by atoms with Crippen LogP contribution in [0.5, 0.6) is 0 Å². The van der Waals surface area contributed by atoms with Crippen molar-refractivity contribution in [3.05, 3.63) is 0 Å². The molecule has 0 spiro atoms. The van der Waals surface area contributed by atoms with Crippen molar-refractivity contribution in [3.63, 3.8) is 0 Å². The van der Waals surface area contributed by atoms with Crippen LogP contribution in [-0.4, -0.2) is 103 Å². The van der Waals surface area contributed by atoms with Crippen molar-refractivity contribution in [2.75, 3.05) is 39.5 Å². The van der Waals surface area contributed by atoms with Gasteiger partial charge in [-0.25, -0.2) is 0 Å². The van der Waals surface area contributed by atoms with Gasteiger partial charge in [0.15, 0.2) is 17.9 Å². The number of rotatable bonds is 19. The lowest BCUT2D eigenvalue weighted by atomic mass is 9.99. The lowest BCUT2D eigenvalue weighted by Crippen LogP contribution is -2.56. The summed E-state index contributed by atoms with van der Waals surface area (Å²) in [6.45, 7) is 12.2. The van der Waals surface area contributed by atoms with Gasteiger partial charge in [0.1, 0.15) is 24.4 Å². The van der Waals surface area contributed by atoms with Gasteiger partial charge in [-0.05, 0) is 40.7 Å². The SMILES string of the molecule is CCCCCCCCCCCCN(CCO)C[C@H](O)COC[C@H]1O[C@@H]2OC(C)(C)O[C@@H]2[C@H]2OC(C)(C)O[C@H]21. The Morgan fingerprint density at radius 1 is 0.763 bits per heavy atom. The Labute approximate surface area is 230 Å². The largest absolute Gasteiger partial charge is 0.395 e. The zero-order valence-electron chi connectivity index (χ0n) is 24.6. The fourth-order valence-electron chi connectivity index (χ4n) is 5.76. The molecule has 3 heterocycles. The van der Waals surface area contributed by atoms with Crippen LogP contribution in [0.3, 0.4) is 0 Å². The molecule has 0 saturated carbocycles. The quantitative estimate of drug-likeness (QED) is 0.234. The van der Waals surface area contributed by atoms with Crippen LogP contribution in [0.4, 0.5) is 0 Å². The molecule has 0 aromatic rings. The van der Waals surface area contributed by atoms with Gasteiger partial charge in [-0.1, -0.05) is 64.7 Å². The minimum absolute atomic E-state index is 0.0818.